The molecule has 21 heavy (non-hydrogen) atoms. The van der Waals surface area contributed by atoms with Gasteiger partial charge in [-0.15, -0.1) is 5.10 Å². The second-order valence-corrected chi connectivity index (χ2v) is 6.06. The van der Waals surface area contributed by atoms with Gasteiger partial charge in [0.05, 0.1) is 0 Å². The maximum absolute atomic E-state index is 4.11. The molecule has 3 aromatic rings. The molecule has 1 heterocycles. The second-order valence-electron chi connectivity index (χ2n) is 6.06. The number of rotatable bonds is 1. The van der Waals surface area contributed by atoms with E-state index in [9.17, 15) is 0 Å². The number of hydrogen-bond acceptors (Lipinski definition) is 3. The number of benzene rings is 2. The molecule has 1 aliphatic carbocycles. The molecule has 4 nitrogen and oxygen atoms in total. The van der Waals surface area contributed by atoms with Crippen LogP contribution in [0.1, 0.15) is 25.0 Å². The third-order valence-corrected chi connectivity index (χ3v) is 4.46. The van der Waals surface area contributed by atoms with Crippen LogP contribution in [-0.4, -0.2) is 20.2 Å². The Kier molecular flexibility index (Phi) is 2.34. The maximum atomic E-state index is 4.11. The Bertz CT molecular complexity index is 846. The van der Waals surface area contributed by atoms with Crippen LogP contribution in [0.2, 0.25) is 0 Å². The van der Waals surface area contributed by atoms with Gasteiger partial charge in [-0.05, 0) is 38.7 Å². The minimum absolute atomic E-state index is 0.00789. The minimum atomic E-state index is 0.00789. The van der Waals surface area contributed by atoms with Gasteiger partial charge in [0.15, 0.2) is 5.82 Å². The molecule has 0 saturated carbocycles. The quantitative estimate of drug-likeness (QED) is 0.685. The van der Waals surface area contributed by atoms with Gasteiger partial charge in [0, 0.05) is 18.0 Å². The molecule has 4 heteroatoms. The fraction of sp³-hybridized carbons (Fsp3) is 0.235. The highest BCUT2D eigenvalue weighted by Crippen LogP contribution is 2.49. The van der Waals surface area contributed by atoms with Crippen molar-refractivity contribution in [2.75, 3.05) is 0 Å². The second kappa shape index (κ2) is 4.01. The summed E-state index contributed by atoms with van der Waals surface area (Å²) in [5, 5.41) is 11.8. The van der Waals surface area contributed by atoms with E-state index in [1.54, 1.807) is 4.68 Å². The summed E-state index contributed by atoms with van der Waals surface area (Å²) in [5.74, 6) is 0.796. The monoisotopic (exact) mass is 276 g/mol. The lowest BCUT2D eigenvalue weighted by molar-refractivity contribution is 0.660. The van der Waals surface area contributed by atoms with Crippen LogP contribution in [-0.2, 0) is 12.5 Å². The number of nitrogens with zero attached hydrogens (tertiary/aromatic N) is 4. The van der Waals surface area contributed by atoms with E-state index in [1.165, 1.54) is 22.3 Å². The molecule has 0 amide bonds. The molecule has 0 N–H and O–H groups in total. The number of tetrazole rings is 1. The zero-order valence-corrected chi connectivity index (χ0v) is 12.3. The zero-order valence-electron chi connectivity index (χ0n) is 12.3. The van der Waals surface area contributed by atoms with E-state index in [-0.39, 0.29) is 5.41 Å². The van der Waals surface area contributed by atoms with E-state index in [4.69, 9.17) is 0 Å². The minimum Gasteiger partial charge on any atom is -0.229 e. The third-order valence-electron chi connectivity index (χ3n) is 4.46. The van der Waals surface area contributed by atoms with Crippen LogP contribution in [0.25, 0.3) is 22.5 Å². The highest BCUT2D eigenvalue weighted by Gasteiger charge is 2.35. The topological polar surface area (TPSA) is 43.6 Å². The standard InChI is InChI=1S/C17H16N4/c1-17(2)14-7-5-4-6-12(14)13-9-8-11(10-15(13)17)16-18-19-20-21(16)3/h4-10H,1-3H3. The van der Waals surface area contributed by atoms with Gasteiger partial charge in [-0.1, -0.05) is 50.2 Å². The first-order chi connectivity index (χ1) is 10.1. The van der Waals surface area contributed by atoms with Crippen LogP contribution in [0.15, 0.2) is 42.5 Å². The van der Waals surface area contributed by atoms with Crippen molar-refractivity contribution >= 4 is 0 Å². The number of hydrogen-bond donors (Lipinski definition) is 0. The van der Waals surface area contributed by atoms with Gasteiger partial charge in [-0.2, -0.15) is 0 Å². The van der Waals surface area contributed by atoms with Crippen LogP contribution in [0.4, 0.5) is 0 Å². The Labute approximate surface area is 123 Å². The lowest BCUT2D eigenvalue weighted by atomic mass is 9.82. The third kappa shape index (κ3) is 1.59. The average Bonchev–Trinajstić information content (AvgIpc) is 3.01. The van der Waals surface area contributed by atoms with Crippen molar-refractivity contribution in [3.63, 3.8) is 0 Å². The molecule has 4 rings (SSSR count). The van der Waals surface area contributed by atoms with Crippen molar-refractivity contribution in [3.8, 4) is 22.5 Å². The van der Waals surface area contributed by atoms with Crippen LogP contribution >= 0.6 is 0 Å². The van der Waals surface area contributed by atoms with E-state index in [2.05, 4.69) is 71.8 Å². The molecule has 1 aromatic heterocycles. The molecule has 0 aliphatic heterocycles. The summed E-state index contributed by atoms with van der Waals surface area (Å²) in [6.45, 7) is 4.55. The Balaban J connectivity index is 1.96. The van der Waals surface area contributed by atoms with E-state index in [0.717, 1.165) is 11.4 Å². The SMILES string of the molecule is Cn1nnnc1-c1ccc2c(c1)C(C)(C)c1ccccc1-2. The van der Waals surface area contributed by atoms with Gasteiger partial charge >= 0.3 is 0 Å². The Morgan fingerprint density at radius 2 is 1.71 bits per heavy atom. The van der Waals surface area contributed by atoms with Gasteiger partial charge in [0.2, 0.25) is 0 Å². The molecule has 104 valence electrons. The van der Waals surface area contributed by atoms with Gasteiger partial charge in [0.1, 0.15) is 0 Å². The summed E-state index contributed by atoms with van der Waals surface area (Å²) in [7, 11) is 1.86. The Morgan fingerprint density at radius 1 is 0.952 bits per heavy atom. The molecule has 0 atom stereocenters. The van der Waals surface area contributed by atoms with Gasteiger partial charge in [0.25, 0.3) is 0 Å². The van der Waals surface area contributed by atoms with E-state index < -0.39 is 0 Å². The largest absolute Gasteiger partial charge is 0.229 e. The normalized spacial score (nSPS) is 14.8. The maximum Gasteiger partial charge on any atom is 0.181 e. The van der Waals surface area contributed by atoms with Gasteiger partial charge in [-0.25, -0.2) is 4.68 Å². The summed E-state index contributed by atoms with van der Waals surface area (Å²) in [4.78, 5) is 0. The molecular weight excluding hydrogens is 260 g/mol. The molecule has 1 aliphatic rings. The first-order valence-electron chi connectivity index (χ1n) is 7.06. The van der Waals surface area contributed by atoms with Crippen molar-refractivity contribution in [3.05, 3.63) is 53.6 Å². The highest BCUT2D eigenvalue weighted by atomic mass is 15.5. The molecule has 0 spiro atoms. The van der Waals surface area contributed by atoms with Crippen LogP contribution in [0.5, 0.6) is 0 Å². The van der Waals surface area contributed by atoms with Crippen molar-refractivity contribution in [1.29, 1.82) is 0 Å². The Hall–Kier alpha value is -2.49. The number of aromatic nitrogens is 4. The zero-order chi connectivity index (χ0) is 14.6. The van der Waals surface area contributed by atoms with Crippen molar-refractivity contribution in [1.82, 2.24) is 20.2 Å². The van der Waals surface area contributed by atoms with Crippen LogP contribution in [0, 0.1) is 0 Å². The lowest BCUT2D eigenvalue weighted by Gasteiger charge is -2.21. The summed E-state index contributed by atoms with van der Waals surface area (Å²) >= 11 is 0. The van der Waals surface area contributed by atoms with Crippen molar-refractivity contribution < 1.29 is 0 Å². The predicted molar refractivity (Wildman–Crippen MR) is 81.8 cm³/mol. The summed E-state index contributed by atoms with van der Waals surface area (Å²) in [6.07, 6.45) is 0. The van der Waals surface area contributed by atoms with E-state index in [1.807, 2.05) is 7.05 Å². The lowest BCUT2D eigenvalue weighted by Crippen LogP contribution is -2.15. The van der Waals surface area contributed by atoms with Crippen molar-refractivity contribution in [2.24, 2.45) is 7.05 Å². The van der Waals surface area contributed by atoms with Crippen LogP contribution < -0.4 is 0 Å². The fourth-order valence-electron chi connectivity index (χ4n) is 3.32. The molecule has 0 bridgehead atoms. The summed E-state index contributed by atoms with van der Waals surface area (Å²) in [6, 6.07) is 15.1. The van der Waals surface area contributed by atoms with Gasteiger partial charge < -0.3 is 0 Å². The Morgan fingerprint density at radius 3 is 2.48 bits per heavy atom. The van der Waals surface area contributed by atoms with E-state index in [0.29, 0.717) is 0 Å². The number of fused-ring (bicyclic) bond motifs is 3. The predicted octanol–water partition coefficient (Wildman–Crippen LogP) is 3.18. The molecule has 0 fully saturated rings. The summed E-state index contributed by atoms with van der Waals surface area (Å²) < 4.78 is 1.71. The van der Waals surface area contributed by atoms with Gasteiger partial charge in [-0.3, -0.25) is 0 Å². The molecule has 0 radical (unpaired) electrons. The first kappa shape index (κ1) is 12.3. The molecular formula is C17H16N4. The fourth-order valence-corrected chi connectivity index (χ4v) is 3.32. The smallest absolute Gasteiger partial charge is 0.181 e. The van der Waals surface area contributed by atoms with Crippen LogP contribution in [0.3, 0.4) is 0 Å². The highest BCUT2D eigenvalue weighted by molar-refractivity contribution is 5.82. The van der Waals surface area contributed by atoms with Crippen molar-refractivity contribution in [2.45, 2.75) is 19.3 Å². The first-order valence-corrected chi connectivity index (χ1v) is 7.06. The molecule has 2 aromatic carbocycles. The molecule has 0 saturated heterocycles. The van der Waals surface area contributed by atoms with E-state index >= 15 is 0 Å². The molecule has 0 unspecified atom stereocenters. The summed E-state index contributed by atoms with van der Waals surface area (Å²) in [5.41, 5.74) is 6.43. The number of aryl methyl sites for hydroxylation is 1. The average molecular weight is 276 g/mol.